The number of aromatic nitrogens is 2. The number of anilines is 2. The molecule has 1 N–H and O–H groups in total. The van der Waals surface area contributed by atoms with Gasteiger partial charge in [0.2, 0.25) is 11.0 Å². The Morgan fingerprint density at radius 1 is 1.13 bits per heavy atom. The van der Waals surface area contributed by atoms with E-state index in [1.54, 1.807) is 41.3 Å². The number of nitrogens with one attached hydrogen (secondary N) is 1. The number of nitrogens with zero attached hydrogens (tertiary/aromatic N) is 3. The molecular formula is C21H17ClN4O4S. The fraction of sp³-hybridized carbons (Fsp3) is 0.190. The Morgan fingerprint density at radius 3 is 2.52 bits per heavy atom. The molecule has 4 rings (SSSR count). The van der Waals surface area contributed by atoms with Crippen LogP contribution >= 0.6 is 22.9 Å². The minimum absolute atomic E-state index is 0.000905. The highest BCUT2D eigenvalue weighted by Gasteiger charge is 2.34. The Bertz CT molecular complexity index is 1130. The van der Waals surface area contributed by atoms with Crippen molar-refractivity contribution in [2.45, 2.75) is 19.3 Å². The van der Waals surface area contributed by atoms with Crippen LogP contribution in [-0.4, -0.2) is 34.5 Å². The molecule has 2 heterocycles. The molecule has 1 saturated heterocycles. The molecule has 0 aliphatic carbocycles. The quantitative estimate of drug-likeness (QED) is 0.461. The van der Waals surface area contributed by atoms with Gasteiger partial charge in [0.1, 0.15) is 10.8 Å². The topological polar surface area (TPSA) is 101 Å². The lowest BCUT2D eigenvalue weighted by molar-refractivity contribution is -0.131. The zero-order valence-corrected chi connectivity index (χ0v) is 17.9. The molecule has 3 aromatic rings. The predicted octanol–water partition coefficient (Wildman–Crippen LogP) is 3.89. The van der Waals surface area contributed by atoms with Crippen molar-refractivity contribution in [1.82, 2.24) is 10.2 Å². The number of rotatable bonds is 5. The van der Waals surface area contributed by atoms with Crippen LogP contribution in [0.4, 0.5) is 10.8 Å². The number of hydrogen-bond donors (Lipinski definition) is 1. The van der Waals surface area contributed by atoms with E-state index in [9.17, 15) is 14.4 Å². The summed E-state index contributed by atoms with van der Waals surface area (Å²) in [7, 11) is 0. The first-order chi connectivity index (χ1) is 14.9. The Morgan fingerprint density at radius 2 is 1.84 bits per heavy atom. The van der Waals surface area contributed by atoms with Gasteiger partial charge in [-0.1, -0.05) is 22.9 Å². The van der Waals surface area contributed by atoms with Crippen molar-refractivity contribution in [2.24, 2.45) is 0 Å². The third kappa shape index (κ3) is 4.89. The summed E-state index contributed by atoms with van der Waals surface area (Å²) in [5, 5.41) is 12.6. The van der Waals surface area contributed by atoms with E-state index < -0.39 is 5.97 Å². The number of hydrogen-bond acceptors (Lipinski definition) is 7. The van der Waals surface area contributed by atoms with Crippen molar-refractivity contribution in [1.29, 1.82) is 0 Å². The molecule has 2 aromatic carbocycles. The molecule has 0 saturated carbocycles. The van der Waals surface area contributed by atoms with E-state index in [0.29, 0.717) is 39.4 Å². The van der Waals surface area contributed by atoms with Crippen molar-refractivity contribution >= 4 is 51.5 Å². The molecule has 0 bridgehead atoms. The first-order valence-corrected chi connectivity index (χ1v) is 10.6. The Balaban J connectivity index is 1.40. The maximum Gasteiger partial charge on any atom is 0.308 e. The predicted molar refractivity (Wildman–Crippen MR) is 117 cm³/mol. The van der Waals surface area contributed by atoms with E-state index >= 15 is 0 Å². The van der Waals surface area contributed by atoms with Gasteiger partial charge in [0.05, 0.1) is 0 Å². The zero-order valence-electron chi connectivity index (χ0n) is 16.4. The first-order valence-electron chi connectivity index (χ1n) is 9.38. The highest BCUT2D eigenvalue weighted by Crippen LogP contribution is 2.34. The van der Waals surface area contributed by atoms with Gasteiger partial charge in [0, 0.05) is 42.1 Å². The highest BCUT2D eigenvalue weighted by atomic mass is 35.5. The van der Waals surface area contributed by atoms with Gasteiger partial charge < -0.3 is 9.64 Å². The second-order valence-corrected chi connectivity index (χ2v) is 8.34. The SMILES string of the molecule is CC(=O)Oc1ccc(C(=O)Nc2nnc([C@@H]3CC(=O)N(c4ccc(Cl)cc4)C3)s2)cc1. The largest absolute Gasteiger partial charge is 0.427 e. The molecule has 1 aliphatic rings. The molecule has 2 amide bonds. The van der Waals surface area contributed by atoms with Gasteiger partial charge in [-0.3, -0.25) is 19.7 Å². The van der Waals surface area contributed by atoms with Gasteiger partial charge in [-0.2, -0.15) is 0 Å². The molecular weight excluding hydrogens is 440 g/mol. The van der Waals surface area contributed by atoms with E-state index in [1.165, 1.54) is 30.4 Å². The number of amides is 2. The lowest BCUT2D eigenvalue weighted by atomic mass is 10.1. The van der Waals surface area contributed by atoms with Crippen LogP contribution in [-0.2, 0) is 9.59 Å². The van der Waals surface area contributed by atoms with Crippen molar-refractivity contribution in [3.63, 3.8) is 0 Å². The maximum absolute atomic E-state index is 12.5. The molecule has 1 fully saturated rings. The van der Waals surface area contributed by atoms with Gasteiger partial charge in [-0.15, -0.1) is 10.2 Å². The molecule has 158 valence electrons. The summed E-state index contributed by atoms with van der Waals surface area (Å²) >= 11 is 7.16. The van der Waals surface area contributed by atoms with E-state index in [-0.39, 0.29) is 17.7 Å². The zero-order chi connectivity index (χ0) is 22.0. The second-order valence-electron chi connectivity index (χ2n) is 6.90. The third-order valence-corrected chi connectivity index (χ3v) is 5.90. The Labute approximate surface area is 186 Å². The van der Waals surface area contributed by atoms with Crippen LogP contribution in [0, 0.1) is 0 Å². The maximum atomic E-state index is 12.5. The van der Waals surface area contributed by atoms with Crippen LogP contribution in [0.1, 0.15) is 34.6 Å². The summed E-state index contributed by atoms with van der Waals surface area (Å²) in [5.41, 5.74) is 1.17. The number of halogens is 1. The highest BCUT2D eigenvalue weighted by molar-refractivity contribution is 7.15. The average Bonchev–Trinajstić information content (AvgIpc) is 3.35. The number of carbonyl (C=O) groups is 3. The van der Waals surface area contributed by atoms with Crippen molar-refractivity contribution in [3.05, 3.63) is 64.1 Å². The standard InChI is InChI=1S/C21H17ClN4O4S/c1-12(27)30-17-8-2-13(3-9-17)19(29)23-21-25-24-20(31-21)14-10-18(28)26(11-14)16-6-4-15(22)5-7-16/h2-9,14H,10-11H2,1H3,(H,23,25,29)/t14-/m1/s1. The minimum Gasteiger partial charge on any atom is -0.427 e. The van der Waals surface area contributed by atoms with Gasteiger partial charge in [-0.25, -0.2) is 0 Å². The third-order valence-electron chi connectivity index (χ3n) is 4.65. The first kappa shape index (κ1) is 21.0. The van der Waals surface area contributed by atoms with Crippen LogP contribution in [0.25, 0.3) is 0 Å². The number of benzene rings is 2. The molecule has 10 heteroatoms. The normalized spacial score (nSPS) is 15.7. The number of carbonyl (C=O) groups excluding carboxylic acids is 3. The molecule has 8 nitrogen and oxygen atoms in total. The minimum atomic E-state index is -0.432. The van der Waals surface area contributed by atoms with Crippen molar-refractivity contribution < 1.29 is 19.1 Å². The van der Waals surface area contributed by atoms with Gasteiger partial charge in [0.25, 0.3) is 5.91 Å². The molecule has 1 aromatic heterocycles. The average molecular weight is 457 g/mol. The lowest BCUT2D eigenvalue weighted by Crippen LogP contribution is -2.24. The molecule has 0 unspecified atom stereocenters. The summed E-state index contributed by atoms with van der Waals surface area (Å²) in [4.78, 5) is 37.6. The number of ether oxygens (including phenoxy) is 1. The van der Waals surface area contributed by atoms with Crippen molar-refractivity contribution in [2.75, 3.05) is 16.8 Å². The fourth-order valence-corrected chi connectivity index (χ4v) is 4.16. The van der Waals surface area contributed by atoms with Crippen LogP contribution in [0.15, 0.2) is 48.5 Å². The summed E-state index contributed by atoms with van der Waals surface area (Å²) in [6, 6.07) is 13.3. The van der Waals surface area contributed by atoms with Crippen molar-refractivity contribution in [3.8, 4) is 5.75 Å². The second kappa shape index (κ2) is 8.83. The summed E-state index contributed by atoms with van der Waals surface area (Å²) in [6.07, 6.45) is 0.322. The van der Waals surface area contributed by atoms with E-state index in [4.69, 9.17) is 16.3 Å². The fourth-order valence-electron chi connectivity index (χ4n) is 3.20. The molecule has 31 heavy (non-hydrogen) atoms. The molecule has 1 aliphatic heterocycles. The smallest absolute Gasteiger partial charge is 0.308 e. The molecule has 0 spiro atoms. The van der Waals surface area contributed by atoms with Crippen LogP contribution < -0.4 is 15.0 Å². The number of esters is 1. The van der Waals surface area contributed by atoms with Crippen LogP contribution in [0.5, 0.6) is 5.75 Å². The summed E-state index contributed by atoms with van der Waals surface area (Å²) in [5.74, 6) is -0.533. The van der Waals surface area contributed by atoms with E-state index in [0.717, 1.165) is 5.69 Å². The monoisotopic (exact) mass is 456 g/mol. The summed E-state index contributed by atoms with van der Waals surface area (Å²) < 4.78 is 4.95. The Hall–Kier alpha value is -3.30. The summed E-state index contributed by atoms with van der Waals surface area (Å²) in [6.45, 7) is 1.79. The van der Waals surface area contributed by atoms with E-state index in [1.807, 2.05) is 0 Å². The van der Waals surface area contributed by atoms with Gasteiger partial charge in [-0.05, 0) is 48.5 Å². The Kier molecular flexibility index (Phi) is 5.97. The van der Waals surface area contributed by atoms with Crippen LogP contribution in [0.2, 0.25) is 5.02 Å². The lowest BCUT2D eigenvalue weighted by Gasteiger charge is -2.16. The molecule has 0 radical (unpaired) electrons. The van der Waals surface area contributed by atoms with E-state index in [2.05, 4.69) is 15.5 Å². The van der Waals surface area contributed by atoms with Crippen LogP contribution in [0.3, 0.4) is 0 Å². The van der Waals surface area contributed by atoms with Gasteiger partial charge >= 0.3 is 5.97 Å². The van der Waals surface area contributed by atoms with Gasteiger partial charge in [0.15, 0.2) is 0 Å². The molecule has 1 atom stereocenters.